The monoisotopic (exact) mass is 435 g/mol. The Labute approximate surface area is 186 Å². The van der Waals surface area contributed by atoms with E-state index < -0.39 is 0 Å². The summed E-state index contributed by atoms with van der Waals surface area (Å²) in [6.45, 7) is 6.19. The molecule has 3 N–H and O–H groups in total. The summed E-state index contributed by atoms with van der Waals surface area (Å²) < 4.78 is 1.97. The predicted octanol–water partition coefficient (Wildman–Crippen LogP) is 3.50. The molecule has 0 atom stereocenters. The first-order valence-corrected chi connectivity index (χ1v) is 11.4. The van der Waals surface area contributed by atoms with Crippen LogP contribution in [0.15, 0.2) is 46.9 Å². The van der Waals surface area contributed by atoms with Crippen molar-refractivity contribution in [1.29, 1.82) is 0 Å². The first-order valence-electron chi connectivity index (χ1n) is 10.6. The minimum atomic E-state index is 0.484. The third-order valence-electron chi connectivity index (χ3n) is 5.50. The van der Waals surface area contributed by atoms with Gasteiger partial charge in [0.1, 0.15) is 12.4 Å². The van der Waals surface area contributed by atoms with Gasteiger partial charge in [-0.15, -0.1) is 21.5 Å². The molecule has 0 radical (unpaired) electrons. The maximum Gasteiger partial charge on any atom is 0.191 e. The smallest absolute Gasteiger partial charge is 0.191 e. The molecule has 0 bridgehead atoms. The van der Waals surface area contributed by atoms with E-state index >= 15 is 0 Å². The van der Waals surface area contributed by atoms with E-state index in [-0.39, 0.29) is 0 Å². The molecule has 1 aromatic carbocycles. The molecule has 8 heteroatoms. The van der Waals surface area contributed by atoms with Crippen molar-refractivity contribution < 1.29 is 0 Å². The molecular weight excluding hydrogens is 406 g/mol. The molecule has 7 nitrogen and oxygen atoms in total. The quantitative estimate of drug-likeness (QED) is 0.292. The third kappa shape index (κ3) is 5.14. The molecule has 162 valence electrons. The van der Waals surface area contributed by atoms with Gasteiger partial charge in [-0.25, -0.2) is 4.99 Å². The van der Waals surface area contributed by atoms with Crippen molar-refractivity contribution in [3.63, 3.8) is 0 Å². The lowest BCUT2D eigenvalue weighted by Gasteiger charge is -2.12. The molecule has 0 fully saturated rings. The number of benzene rings is 1. The second kappa shape index (κ2) is 9.78. The van der Waals surface area contributed by atoms with Crippen molar-refractivity contribution in [1.82, 2.24) is 30.4 Å². The fraction of sp³-hybridized carbons (Fsp3) is 0.348. The molecule has 31 heavy (non-hydrogen) atoms. The highest BCUT2D eigenvalue weighted by Gasteiger charge is 2.08. The Bertz CT molecular complexity index is 1150. The first-order chi connectivity index (χ1) is 15.1. The summed E-state index contributed by atoms with van der Waals surface area (Å²) >= 11 is 1.78. The van der Waals surface area contributed by atoms with Crippen LogP contribution >= 0.6 is 11.3 Å². The number of H-pyrrole nitrogens is 1. The number of nitrogens with zero attached hydrogens (tertiary/aromatic N) is 4. The number of guanidine groups is 1. The number of para-hydroxylation sites is 1. The van der Waals surface area contributed by atoms with E-state index in [0.29, 0.717) is 6.54 Å². The predicted molar refractivity (Wildman–Crippen MR) is 128 cm³/mol. The van der Waals surface area contributed by atoms with Crippen LogP contribution in [0.3, 0.4) is 0 Å². The van der Waals surface area contributed by atoms with E-state index in [2.05, 4.69) is 74.6 Å². The molecular formula is C23H29N7S. The Hall–Kier alpha value is -3.13. The van der Waals surface area contributed by atoms with Gasteiger partial charge in [0, 0.05) is 42.1 Å². The molecule has 0 saturated heterocycles. The van der Waals surface area contributed by atoms with Gasteiger partial charge in [0.15, 0.2) is 11.8 Å². The molecule has 4 aromatic rings. The van der Waals surface area contributed by atoms with Crippen molar-refractivity contribution in [3.8, 4) is 0 Å². The Morgan fingerprint density at radius 2 is 1.94 bits per heavy atom. The number of thiophene rings is 1. The van der Waals surface area contributed by atoms with Gasteiger partial charge in [0.25, 0.3) is 0 Å². The number of fused-ring (bicyclic) bond motifs is 1. The highest BCUT2D eigenvalue weighted by atomic mass is 32.1. The summed E-state index contributed by atoms with van der Waals surface area (Å²) in [5, 5.41) is 18.7. The van der Waals surface area contributed by atoms with Crippen molar-refractivity contribution in [2.24, 2.45) is 12.0 Å². The summed E-state index contributed by atoms with van der Waals surface area (Å²) in [6.07, 6.45) is 4.00. The van der Waals surface area contributed by atoms with E-state index in [9.17, 15) is 0 Å². The van der Waals surface area contributed by atoms with Crippen molar-refractivity contribution in [3.05, 3.63) is 69.6 Å². The highest BCUT2D eigenvalue weighted by molar-refractivity contribution is 7.09. The zero-order chi connectivity index (χ0) is 21.6. The normalized spacial score (nSPS) is 11.9. The van der Waals surface area contributed by atoms with E-state index in [4.69, 9.17) is 4.99 Å². The van der Waals surface area contributed by atoms with Crippen LogP contribution in [0.25, 0.3) is 10.9 Å². The van der Waals surface area contributed by atoms with Crippen molar-refractivity contribution >= 4 is 28.2 Å². The minimum absolute atomic E-state index is 0.484. The number of hydrogen-bond donors (Lipinski definition) is 3. The van der Waals surface area contributed by atoms with Gasteiger partial charge in [0.2, 0.25) is 0 Å². The topological polar surface area (TPSA) is 82.9 Å². The maximum absolute atomic E-state index is 4.75. The third-order valence-corrected chi connectivity index (χ3v) is 6.44. The van der Waals surface area contributed by atoms with E-state index in [1.165, 1.54) is 26.9 Å². The molecule has 3 heterocycles. The van der Waals surface area contributed by atoms with Gasteiger partial charge < -0.3 is 20.2 Å². The summed E-state index contributed by atoms with van der Waals surface area (Å²) in [6, 6.07) is 10.7. The van der Waals surface area contributed by atoms with Gasteiger partial charge in [-0.2, -0.15) is 0 Å². The number of aryl methyl sites for hydroxylation is 2. The van der Waals surface area contributed by atoms with Crippen LogP contribution in [-0.2, 0) is 26.4 Å². The molecule has 0 spiro atoms. The van der Waals surface area contributed by atoms with Crippen LogP contribution in [0.5, 0.6) is 0 Å². The molecule has 0 amide bonds. The standard InChI is InChI=1S/C23H29N7S/c1-16-6-4-8-20-18(14-26-22(16)20)9-11-24-23(25-12-10-19-7-5-13-31-19)27-15-21-29-28-17(2)30(21)3/h4-8,13-14,26H,9-12,15H2,1-3H3,(H2,24,25,27). The fourth-order valence-corrected chi connectivity index (χ4v) is 4.27. The number of aliphatic imine (C=N–C) groups is 1. The van der Waals surface area contributed by atoms with Crippen LogP contribution in [0.4, 0.5) is 0 Å². The number of aromatic nitrogens is 4. The molecule has 0 unspecified atom stereocenters. The van der Waals surface area contributed by atoms with Gasteiger partial charge in [-0.05, 0) is 49.3 Å². The average molecular weight is 436 g/mol. The average Bonchev–Trinajstić information content (AvgIpc) is 3.49. The van der Waals surface area contributed by atoms with Gasteiger partial charge in [0.05, 0.1) is 0 Å². The first kappa shape index (κ1) is 21.1. The van der Waals surface area contributed by atoms with Gasteiger partial charge in [-0.1, -0.05) is 24.3 Å². The summed E-state index contributed by atoms with van der Waals surface area (Å²) in [7, 11) is 1.97. The summed E-state index contributed by atoms with van der Waals surface area (Å²) in [5.41, 5.74) is 3.80. The second-order valence-electron chi connectivity index (χ2n) is 7.63. The van der Waals surface area contributed by atoms with Crippen LogP contribution in [-0.4, -0.2) is 38.8 Å². The van der Waals surface area contributed by atoms with Crippen LogP contribution in [0.1, 0.15) is 27.7 Å². The van der Waals surface area contributed by atoms with Crippen LogP contribution in [0, 0.1) is 13.8 Å². The second-order valence-corrected chi connectivity index (χ2v) is 8.66. The lowest BCUT2D eigenvalue weighted by molar-refractivity contribution is 0.747. The van der Waals surface area contributed by atoms with Gasteiger partial charge >= 0.3 is 0 Å². The van der Waals surface area contributed by atoms with Crippen LogP contribution < -0.4 is 10.6 Å². The zero-order valence-corrected chi connectivity index (χ0v) is 19.1. The molecule has 4 rings (SSSR count). The highest BCUT2D eigenvalue weighted by Crippen LogP contribution is 2.21. The SMILES string of the molecule is Cc1cccc2c(CCNC(=NCc3nnc(C)n3C)NCCc3cccs3)c[nH]c12. The molecule has 0 aliphatic rings. The van der Waals surface area contributed by atoms with Crippen molar-refractivity contribution in [2.75, 3.05) is 13.1 Å². The summed E-state index contributed by atoms with van der Waals surface area (Å²) in [5.74, 6) is 2.54. The van der Waals surface area contributed by atoms with Gasteiger partial charge in [-0.3, -0.25) is 0 Å². The summed E-state index contributed by atoms with van der Waals surface area (Å²) in [4.78, 5) is 9.52. The molecule has 3 aromatic heterocycles. The number of nitrogens with one attached hydrogen (secondary N) is 3. The number of aromatic amines is 1. The maximum atomic E-state index is 4.75. The van der Waals surface area contributed by atoms with Crippen LogP contribution in [0.2, 0.25) is 0 Å². The van der Waals surface area contributed by atoms with E-state index in [1.807, 2.05) is 18.5 Å². The van der Waals surface area contributed by atoms with E-state index in [0.717, 1.165) is 43.5 Å². The molecule has 0 aliphatic carbocycles. The Morgan fingerprint density at radius 1 is 1.10 bits per heavy atom. The largest absolute Gasteiger partial charge is 0.361 e. The lowest BCUT2D eigenvalue weighted by Crippen LogP contribution is -2.39. The Balaban J connectivity index is 1.39. The lowest BCUT2D eigenvalue weighted by atomic mass is 10.1. The fourth-order valence-electron chi connectivity index (χ4n) is 3.56. The van der Waals surface area contributed by atoms with E-state index in [1.54, 1.807) is 11.3 Å². The van der Waals surface area contributed by atoms with Crippen molar-refractivity contribution in [2.45, 2.75) is 33.2 Å². The Kier molecular flexibility index (Phi) is 6.66. The Morgan fingerprint density at radius 3 is 2.68 bits per heavy atom. The minimum Gasteiger partial charge on any atom is -0.361 e. The molecule has 0 saturated carbocycles. The zero-order valence-electron chi connectivity index (χ0n) is 18.3. The number of rotatable bonds is 8. The number of hydrogen-bond acceptors (Lipinski definition) is 4. The molecule has 0 aliphatic heterocycles.